The minimum absolute atomic E-state index is 0.0519. The van der Waals surface area contributed by atoms with E-state index in [-0.39, 0.29) is 18.1 Å². The number of nitrogens with one attached hydrogen (secondary N) is 1. The normalized spacial score (nSPS) is 15.6. The lowest BCUT2D eigenvalue weighted by molar-refractivity contribution is -0.137. The van der Waals surface area contributed by atoms with E-state index in [9.17, 15) is 9.59 Å². The highest BCUT2D eigenvalue weighted by Crippen LogP contribution is 2.40. The van der Waals surface area contributed by atoms with Gasteiger partial charge >= 0.3 is 0 Å². The van der Waals surface area contributed by atoms with Crippen LogP contribution in [0.2, 0.25) is 0 Å². The van der Waals surface area contributed by atoms with Crippen molar-refractivity contribution < 1.29 is 19.0 Å². The number of para-hydroxylation sites is 1. The zero-order valence-electron chi connectivity index (χ0n) is 18.2. The minimum atomic E-state index is -0.556. The van der Waals surface area contributed by atoms with Crippen molar-refractivity contribution in [3.8, 4) is 11.5 Å². The molecule has 0 saturated heterocycles. The number of aromatic amines is 1. The Morgan fingerprint density at radius 2 is 1.84 bits per heavy atom. The first-order valence-electron chi connectivity index (χ1n) is 10.1. The summed E-state index contributed by atoms with van der Waals surface area (Å²) in [6, 6.07) is 11.0. The molecule has 1 aromatic heterocycles. The molecule has 0 aliphatic carbocycles. The summed E-state index contributed by atoms with van der Waals surface area (Å²) in [5, 5.41) is 0.918. The number of fused-ring (bicyclic) bond motifs is 2. The van der Waals surface area contributed by atoms with E-state index in [1.807, 2.05) is 43.3 Å². The van der Waals surface area contributed by atoms with Crippen molar-refractivity contribution in [3.63, 3.8) is 0 Å². The van der Waals surface area contributed by atoms with Gasteiger partial charge in [-0.2, -0.15) is 0 Å². The third-order valence-corrected chi connectivity index (χ3v) is 5.87. The van der Waals surface area contributed by atoms with E-state index in [1.165, 1.54) is 7.11 Å². The van der Waals surface area contributed by atoms with E-state index in [0.29, 0.717) is 30.0 Å². The van der Waals surface area contributed by atoms with Crippen molar-refractivity contribution >= 4 is 16.8 Å². The van der Waals surface area contributed by atoms with Crippen LogP contribution < -0.4 is 15.0 Å². The minimum Gasteiger partial charge on any atom is -0.493 e. The zero-order chi connectivity index (χ0) is 22.1. The monoisotopic (exact) mass is 422 g/mol. The van der Waals surface area contributed by atoms with E-state index in [0.717, 1.165) is 27.6 Å². The van der Waals surface area contributed by atoms with Gasteiger partial charge in [-0.3, -0.25) is 9.59 Å². The number of amides is 1. The average Bonchev–Trinajstić information content (AvgIpc) is 2.77. The molecule has 7 nitrogen and oxygen atoms in total. The van der Waals surface area contributed by atoms with Gasteiger partial charge in [0.25, 0.3) is 5.56 Å². The van der Waals surface area contributed by atoms with Crippen LogP contribution in [0.25, 0.3) is 10.9 Å². The Hall–Kier alpha value is -3.32. The molecule has 0 radical (unpaired) electrons. The molecule has 0 fully saturated rings. The molecule has 1 atom stereocenters. The van der Waals surface area contributed by atoms with Crippen LogP contribution in [0.4, 0.5) is 0 Å². The fourth-order valence-corrected chi connectivity index (χ4v) is 4.36. The molecule has 2 aromatic carbocycles. The van der Waals surface area contributed by atoms with Crippen LogP contribution in [-0.4, -0.2) is 50.3 Å². The highest BCUT2D eigenvalue weighted by molar-refractivity contribution is 5.83. The van der Waals surface area contributed by atoms with Crippen molar-refractivity contribution in [2.75, 3.05) is 34.5 Å². The Bertz CT molecular complexity index is 1200. The Balaban J connectivity index is 1.96. The van der Waals surface area contributed by atoms with Crippen molar-refractivity contribution in [1.82, 2.24) is 9.88 Å². The first kappa shape index (κ1) is 20.9. The van der Waals surface area contributed by atoms with Crippen molar-refractivity contribution in [1.29, 1.82) is 0 Å². The summed E-state index contributed by atoms with van der Waals surface area (Å²) in [5.41, 5.74) is 3.96. The summed E-state index contributed by atoms with van der Waals surface area (Å²) in [6.07, 6.45) is 0.645. The number of nitrogens with zero attached hydrogens (tertiary/aromatic N) is 1. The van der Waals surface area contributed by atoms with Crippen LogP contribution in [0.5, 0.6) is 11.5 Å². The maximum absolute atomic E-state index is 13.2. The van der Waals surface area contributed by atoms with Gasteiger partial charge in [-0.05, 0) is 53.6 Å². The highest BCUT2D eigenvalue weighted by Gasteiger charge is 2.35. The number of carbonyl (C=O) groups is 1. The lowest BCUT2D eigenvalue weighted by atomic mass is 9.87. The number of aromatic nitrogens is 1. The fraction of sp³-hybridized carbons (Fsp3) is 0.333. The molecule has 7 heteroatoms. The third kappa shape index (κ3) is 3.65. The molecule has 1 amide bonds. The smallest absolute Gasteiger partial charge is 0.254 e. The molecule has 3 aromatic rings. The SMILES string of the molecule is COCC(=O)N1CCc2cc(OC)c(OC)cc2[C@@H]1c1cc2cccc(C)c2[nH]c1=O. The van der Waals surface area contributed by atoms with Gasteiger partial charge in [-0.1, -0.05) is 18.2 Å². The molecule has 0 bridgehead atoms. The molecule has 0 unspecified atom stereocenters. The second kappa shape index (κ2) is 8.43. The second-order valence-electron chi connectivity index (χ2n) is 7.67. The van der Waals surface area contributed by atoms with E-state index in [2.05, 4.69) is 4.98 Å². The maximum Gasteiger partial charge on any atom is 0.254 e. The molecule has 162 valence electrons. The van der Waals surface area contributed by atoms with Crippen molar-refractivity contribution in [3.05, 3.63) is 69.0 Å². The lowest BCUT2D eigenvalue weighted by Gasteiger charge is -2.37. The molecule has 4 rings (SSSR count). The van der Waals surface area contributed by atoms with Crippen LogP contribution in [0, 0.1) is 6.92 Å². The number of benzene rings is 2. The van der Waals surface area contributed by atoms with E-state index in [4.69, 9.17) is 14.2 Å². The van der Waals surface area contributed by atoms with Gasteiger partial charge in [0.15, 0.2) is 11.5 Å². The predicted molar refractivity (Wildman–Crippen MR) is 118 cm³/mol. The summed E-state index contributed by atoms with van der Waals surface area (Å²) >= 11 is 0. The van der Waals surface area contributed by atoms with Gasteiger partial charge in [0.1, 0.15) is 6.61 Å². The Morgan fingerprint density at radius 3 is 2.55 bits per heavy atom. The van der Waals surface area contributed by atoms with Gasteiger partial charge in [-0.15, -0.1) is 0 Å². The van der Waals surface area contributed by atoms with Gasteiger partial charge in [0.2, 0.25) is 5.91 Å². The zero-order valence-corrected chi connectivity index (χ0v) is 18.2. The largest absolute Gasteiger partial charge is 0.493 e. The van der Waals surface area contributed by atoms with Crippen LogP contribution in [0.3, 0.4) is 0 Å². The number of ether oxygens (including phenoxy) is 3. The van der Waals surface area contributed by atoms with Gasteiger partial charge in [0.05, 0.1) is 25.8 Å². The first-order valence-corrected chi connectivity index (χ1v) is 10.1. The fourth-order valence-electron chi connectivity index (χ4n) is 4.36. The summed E-state index contributed by atoms with van der Waals surface area (Å²) in [6.45, 7) is 2.38. The van der Waals surface area contributed by atoms with Crippen molar-refractivity contribution in [2.45, 2.75) is 19.4 Å². The number of hydrogen-bond donors (Lipinski definition) is 1. The number of hydrogen-bond acceptors (Lipinski definition) is 5. The van der Waals surface area contributed by atoms with Gasteiger partial charge < -0.3 is 24.1 Å². The number of H-pyrrole nitrogens is 1. The lowest BCUT2D eigenvalue weighted by Crippen LogP contribution is -2.44. The standard InChI is InChI=1S/C24H26N2O5/c1-14-6-5-7-16-10-18(24(28)25-22(14)16)23-17-12-20(31-4)19(30-3)11-15(17)8-9-26(23)21(27)13-29-2/h5-7,10-12,23H,8-9,13H2,1-4H3,(H,25,28)/t23-/m1/s1. The number of aryl methyl sites for hydroxylation is 1. The highest BCUT2D eigenvalue weighted by atomic mass is 16.5. The molecular formula is C24H26N2O5. The summed E-state index contributed by atoms with van der Waals surface area (Å²) in [5.74, 6) is 1.01. The molecule has 1 aliphatic heterocycles. The topological polar surface area (TPSA) is 80.9 Å². The van der Waals surface area contributed by atoms with Crippen LogP contribution >= 0.6 is 0 Å². The maximum atomic E-state index is 13.2. The Kier molecular flexibility index (Phi) is 5.69. The Morgan fingerprint density at radius 1 is 1.10 bits per heavy atom. The number of pyridine rings is 1. The number of methoxy groups -OCH3 is 3. The number of carbonyl (C=O) groups excluding carboxylic acids is 1. The predicted octanol–water partition coefficient (Wildman–Crippen LogP) is 2.97. The van der Waals surface area contributed by atoms with Gasteiger partial charge in [-0.25, -0.2) is 0 Å². The summed E-state index contributed by atoms with van der Waals surface area (Å²) < 4.78 is 16.1. The number of rotatable bonds is 5. The van der Waals surface area contributed by atoms with E-state index in [1.54, 1.807) is 19.1 Å². The van der Waals surface area contributed by atoms with E-state index >= 15 is 0 Å². The van der Waals surface area contributed by atoms with E-state index < -0.39 is 6.04 Å². The first-order chi connectivity index (χ1) is 15.0. The third-order valence-electron chi connectivity index (χ3n) is 5.87. The van der Waals surface area contributed by atoms with Crippen LogP contribution in [0.1, 0.15) is 28.3 Å². The molecule has 0 saturated carbocycles. The molecule has 1 aliphatic rings. The summed E-state index contributed by atoms with van der Waals surface area (Å²) in [7, 11) is 4.65. The molecule has 2 heterocycles. The molecule has 0 spiro atoms. The van der Waals surface area contributed by atoms with Crippen LogP contribution in [0.15, 0.2) is 41.2 Å². The van der Waals surface area contributed by atoms with Crippen LogP contribution in [-0.2, 0) is 16.0 Å². The quantitative estimate of drug-likeness (QED) is 0.684. The average molecular weight is 422 g/mol. The summed E-state index contributed by atoms with van der Waals surface area (Å²) in [4.78, 5) is 30.9. The Labute approximate surface area is 180 Å². The molecule has 31 heavy (non-hydrogen) atoms. The second-order valence-corrected chi connectivity index (χ2v) is 7.67. The van der Waals surface area contributed by atoms with Gasteiger partial charge in [0, 0.05) is 19.2 Å². The molecule has 1 N–H and O–H groups in total. The molecular weight excluding hydrogens is 396 g/mol. The van der Waals surface area contributed by atoms with Crippen molar-refractivity contribution in [2.24, 2.45) is 0 Å².